The fourth-order valence-corrected chi connectivity index (χ4v) is 1.34. The molecule has 0 saturated carbocycles. The topological polar surface area (TPSA) is 36.9 Å². The minimum absolute atomic E-state index is 0.230. The van der Waals surface area contributed by atoms with Gasteiger partial charge in [0.2, 0.25) is 0 Å². The molecule has 0 atom stereocenters. The second kappa shape index (κ2) is 5.00. The number of hydrogen-bond donors (Lipinski definition) is 0. The van der Waals surface area contributed by atoms with Gasteiger partial charge in [0.15, 0.2) is 6.29 Å². The quantitative estimate of drug-likeness (QED) is 0.753. The molecular weight excluding hydrogens is 196 g/mol. The Morgan fingerprint density at radius 2 is 1.73 bits per heavy atom. The van der Waals surface area contributed by atoms with Crippen LogP contribution in [0.4, 0.5) is 0 Å². The Morgan fingerprint density at radius 3 is 2.33 bits per heavy atom. The summed E-state index contributed by atoms with van der Waals surface area (Å²) in [5.74, 6) is 1.60. The van der Waals surface area contributed by atoms with Gasteiger partial charge in [-0.15, -0.1) is 0 Å². The molecule has 0 amide bonds. The van der Waals surface area contributed by atoms with Crippen LogP contribution >= 0.6 is 0 Å². The number of rotatable bonds is 4. The molecule has 1 aliphatic heterocycles. The van der Waals surface area contributed by atoms with E-state index in [0.29, 0.717) is 19.8 Å². The van der Waals surface area contributed by atoms with Gasteiger partial charge in [0.05, 0.1) is 20.3 Å². The zero-order valence-corrected chi connectivity index (χ0v) is 8.64. The van der Waals surface area contributed by atoms with Crippen LogP contribution in [0.15, 0.2) is 24.3 Å². The van der Waals surface area contributed by atoms with Gasteiger partial charge >= 0.3 is 0 Å². The van der Waals surface area contributed by atoms with Crippen molar-refractivity contribution in [3.05, 3.63) is 24.3 Å². The van der Waals surface area contributed by atoms with E-state index in [1.165, 1.54) is 0 Å². The van der Waals surface area contributed by atoms with Crippen molar-refractivity contribution < 1.29 is 18.9 Å². The van der Waals surface area contributed by atoms with Crippen LogP contribution in [0.25, 0.3) is 0 Å². The van der Waals surface area contributed by atoms with E-state index in [0.717, 1.165) is 11.5 Å². The molecule has 0 unspecified atom stereocenters. The molecule has 1 fully saturated rings. The summed E-state index contributed by atoms with van der Waals surface area (Å²) in [6.45, 7) is 1.72. The van der Waals surface area contributed by atoms with Crippen molar-refractivity contribution >= 4 is 0 Å². The van der Waals surface area contributed by atoms with Gasteiger partial charge in [-0.1, -0.05) is 0 Å². The third-order valence-corrected chi connectivity index (χ3v) is 2.14. The molecule has 1 saturated heterocycles. The summed E-state index contributed by atoms with van der Waals surface area (Å²) >= 11 is 0. The van der Waals surface area contributed by atoms with Gasteiger partial charge in [0, 0.05) is 0 Å². The van der Waals surface area contributed by atoms with Gasteiger partial charge in [-0.25, -0.2) is 0 Å². The van der Waals surface area contributed by atoms with Crippen molar-refractivity contribution in [1.82, 2.24) is 0 Å². The van der Waals surface area contributed by atoms with Crippen molar-refractivity contribution in [2.45, 2.75) is 6.29 Å². The number of ether oxygens (including phenoxy) is 4. The second-order valence-corrected chi connectivity index (χ2v) is 3.16. The fourth-order valence-electron chi connectivity index (χ4n) is 1.34. The maximum atomic E-state index is 5.48. The molecular formula is C11H14O4. The van der Waals surface area contributed by atoms with E-state index in [-0.39, 0.29) is 6.29 Å². The van der Waals surface area contributed by atoms with E-state index in [1.807, 2.05) is 24.3 Å². The lowest BCUT2D eigenvalue weighted by Crippen LogP contribution is -2.18. The fraction of sp³-hybridized carbons (Fsp3) is 0.455. The highest BCUT2D eigenvalue weighted by atomic mass is 16.7. The van der Waals surface area contributed by atoms with Crippen molar-refractivity contribution in [1.29, 1.82) is 0 Å². The van der Waals surface area contributed by atoms with Gasteiger partial charge in [-0.3, -0.25) is 0 Å². The van der Waals surface area contributed by atoms with E-state index in [9.17, 15) is 0 Å². The molecule has 4 heteroatoms. The Labute approximate surface area is 88.7 Å². The van der Waals surface area contributed by atoms with Crippen LogP contribution in [0.2, 0.25) is 0 Å². The van der Waals surface area contributed by atoms with Crippen LogP contribution in [-0.4, -0.2) is 33.2 Å². The van der Waals surface area contributed by atoms with Crippen molar-refractivity contribution in [3.63, 3.8) is 0 Å². The summed E-state index contributed by atoms with van der Waals surface area (Å²) in [5.41, 5.74) is 0. The van der Waals surface area contributed by atoms with Crippen LogP contribution in [0.3, 0.4) is 0 Å². The average molecular weight is 210 g/mol. The van der Waals surface area contributed by atoms with Crippen LogP contribution in [0, 0.1) is 0 Å². The molecule has 1 aromatic rings. The minimum atomic E-state index is -0.230. The Hall–Kier alpha value is -1.26. The van der Waals surface area contributed by atoms with Crippen molar-refractivity contribution in [2.75, 3.05) is 26.9 Å². The maximum Gasteiger partial charge on any atom is 0.191 e. The third kappa shape index (κ3) is 2.84. The SMILES string of the molecule is COc1ccc(OCC2OCCO2)cc1. The molecule has 0 bridgehead atoms. The smallest absolute Gasteiger partial charge is 0.191 e. The summed E-state index contributed by atoms with van der Waals surface area (Å²) in [4.78, 5) is 0. The third-order valence-electron chi connectivity index (χ3n) is 2.14. The van der Waals surface area contributed by atoms with E-state index >= 15 is 0 Å². The van der Waals surface area contributed by atoms with Crippen LogP contribution < -0.4 is 9.47 Å². The Kier molecular flexibility index (Phi) is 3.42. The number of hydrogen-bond acceptors (Lipinski definition) is 4. The van der Waals surface area contributed by atoms with Gasteiger partial charge in [0.25, 0.3) is 0 Å². The van der Waals surface area contributed by atoms with Gasteiger partial charge < -0.3 is 18.9 Å². The lowest BCUT2D eigenvalue weighted by Gasteiger charge is -2.11. The zero-order valence-electron chi connectivity index (χ0n) is 8.64. The molecule has 15 heavy (non-hydrogen) atoms. The Bertz CT molecular complexity index is 290. The normalized spacial score (nSPS) is 16.6. The molecule has 0 spiro atoms. The highest BCUT2D eigenvalue weighted by molar-refractivity contribution is 5.31. The highest BCUT2D eigenvalue weighted by Crippen LogP contribution is 2.17. The first-order valence-corrected chi connectivity index (χ1v) is 4.88. The first-order chi connectivity index (χ1) is 7.38. The molecule has 1 aromatic carbocycles. The molecule has 1 heterocycles. The van der Waals surface area contributed by atoms with E-state index in [2.05, 4.69) is 0 Å². The second-order valence-electron chi connectivity index (χ2n) is 3.16. The molecule has 1 aliphatic rings. The number of methoxy groups -OCH3 is 1. The summed E-state index contributed by atoms with van der Waals surface area (Å²) < 4.78 is 21.0. The standard InChI is InChI=1S/C11H14O4/c1-12-9-2-4-10(5-3-9)15-8-11-13-6-7-14-11/h2-5,11H,6-8H2,1H3. The van der Waals surface area contributed by atoms with E-state index in [1.54, 1.807) is 7.11 Å². The minimum Gasteiger partial charge on any atom is -0.497 e. The van der Waals surface area contributed by atoms with E-state index < -0.39 is 0 Å². The lowest BCUT2D eigenvalue weighted by atomic mass is 10.3. The summed E-state index contributed by atoms with van der Waals surface area (Å²) in [5, 5.41) is 0. The van der Waals surface area contributed by atoms with Crippen LogP contribution in [0.5, 0.6) is 11.5 Å². The van der Waals surface area contributed by atoms with Gasteiger partial charge in [-0.2, -0.15) is 0 Å². The maximum absolute atomic E-state index is 5.48. The molecule has 2 rings (SSSR count). The predicted octanol–water partition coefficient (Wildman–Crippen LogP) is 1.45. The van der Waals surface area contributed by atoms with Gasteiger partial charge in [-0.05, 0) is 24.3 Å². The van der Waals surface area contributed by atoms with Crippen LogP contribution in [0.1, 0.15) is 0 Å². The summed E-state index contributed by atoms with van der Waals surface area (Å²) in [7, 11) is 1.63. The first-order valence-electron chi connectivity index (χ1n) is 4.88. The molecule has 0 N–H and O–H groups in total. The number of benzene rings is 1. The molecule has 4 nitrogen and oxygen atoms in total. The zero-order chi connectivity index (χ0) is 10.5. The molecule has 0 radical (unpaired) electrons. The summed E-state index contributed by atoms with van der Waals surface area (Å²) in [6, 6.07) is 7.42. The van der Waals surface area contributed by atoms with Gasteiger partial charge in [0.1, 0.15) is 18.1 Å². The predicted molar refractivity (Wildman–Crippen MR) is 54.2 cm³/mol. The Balaban J connectivity index is 1.82. The monoisotopic (exact) mass is 210 g/mol. The summed E-state index contributed by atoms with van der Waals surface area (Å²) in [6.07, 6.45) is -0.230. The molecule has 82 valence electrons. The van der Waals surface area contributed by atoms with E-state index in [4.69, 9.17) is 18.9 Å². The molecule has 0 aliphatic carbocycles. The van der Waals surface area contributed by atoms with Crippen LogP contribution in [-0.2, 0) is 9.47 Å². The van der Waals surface area contributed by atoms with Crippen molar-refractivity contribution in [2.24, 2.45) is 0 Å². The lowest BCUT2D eigenvalue weighted by molar-refractivity contribution is -0.0684. The molecule has 0 aromatic heterocycles. The Morgan fingerprint density at radius 1 is 1.13 bits per heavy atom. The van der Waals surface area contributed by atoms with Crippen molar-refractivity contribution in [3.8, 4) is 11.5 Å². The first kappa shape index (κ1) is 10.3. The highest BCUT2D eigenvalue weighted by Gasteiger charge is 2.16. The average Bonchev–Trinajstić information content (AvgIpc) is 2.80. The largest absolute Gasteiger partial charge is 0.497 e.